The van der Waals surface area contributed by atoms with Gasteiger partial charge in [0, 0.05) is 23.9 Å². The summed E-state index contributed by atoms with van der Waals surface area (Å²) in [5.74, 6) is -1.14. The summed E-state index contributed by atoms with van der Waals surface area (Å²) in [6.45, 7) is 0.0676. The number of carbonyl (C=O) groups is 4. The topological polar surface area (TPSA) is 160 Å². The predicted molar refractivity (Wildman–Crippen MR) is 193 cm³/mol. The van der Waals surface area contributed by atoms with E-state index in [2.05, 4.69) is 15.4 Å². The van der Waals surface area contributed by atoms with Crippen molar-refractivity contribution in [3.8, 4) is 11.5 Å². The van der Waals surface area contributed by atoms with E-state index >= 15 is 0 Å². The van der Waals surface area contributed by atoms with Crippen LogP contribution in [0.4, 0.5) is 4.79 Å². The highest BCUT2D eigenvalue weighted by Gasteiger charge is 2.62. The second kappa shape index (κ2) is 15.1. The van der Waals surface area contributed by atoms with Gasteiger partial charge in [0.1, 0.15) is 35.2 Å². The first-order valence-electron chi connectivity index (χ1n) is 18.4. The van der Waals surface area contributed by atoms with Gasteiger partial charge in [-0.3, -0.25) is 19.1 Å². The molecule has 14 heteroatoms. The Morgan fingerprint density at radius 2 is 1.69 bits per heavy atom. The Morgan fingerprint density at radius 3 is 2.46 bits per heavy atom. The quantitative estimate of drug-likeness (QED) is 0.316. The minimum absolute atomic E-state index is 0.0676. The fraction of sp³-hybridized carbons (Fsp3) is 0.526. The predicted octanol–water partition coefficient (Wildman–Crippen LogP) is 5.43. The van der Waals surface area contributed by atoms with Gasteiger partial charge >= 0.3 is 6.09 Å². The number of nitrogens with one attached hydrogen (secondary N) is 3. The summed E-state index contributed by atoms with van der Waals surface area (Å²) >= 11 is 6.16. The molecule has 0 radical (unpaired) electrons. The summed E-state index contributed by atoms with van der Waals surface area (Å²) in [7, 11) is -3.88. The Labute approximate surface area is 309 Å². The van der Waals surface area contributed by atoms with Crippen molar-refractivity contribution in [1.82, 2.24) is 20.3 Å². The fourth-order valence-electron chi connectivity index (χ4n) is 7.56. The highest BCUT2D eigenvalue weighted by molar-refractivity contribution is 7.91. The first-order valence-corrected chi connectivity index (χ1v) is 20.3. The minimum Gasteiger partial charge on any atom is -0.457 e. The Balaban J connectivity index is 1.19. The molecule has 0 bridgehead atoms. The van der Waals surface area contributed by atoms with Crippen molar-refractivity contribution >= 4 is 45.4 Å². The zero-order chi connectivity index (χ0) is 36.5. The summed E-state index contributed by atoms with van der Waals surface area (Å²) < 4.78 is 39.6. The molecule has 7 rings (SSSR count). The van der Waals surface area contributed by atoms with Gasteiger partial charge in [-0.2, -0.15) is 0 Å². The normalized spacial score (nSPS) is 27.4. The Hall–Kier alpha value is -4.10. The standard InChI is InChI=1S/C38H45ClN4O8S/c39-27-10-8-13-29(21-27)50-30-16-15-24-23-43-33(20-25(24)19-30)34(44)41-38(36(46)42-52(48,49)31-17-18-31)22-26(38)9-4-2-1-3-5-14-32(35(43)45)40-37(47)51-28-11-6-7-12-28/h4,8-10,13,15-16,19,21,26,28,31-33H,1-3,5-7,11-12,14,17-18,20,22-23H2,(H,40,47)(H,41,44)(H,42,46)/b9-4-/t26-,32-,33?,38+/m0/s1. The van der Waals surface area contributed by atoms with Gasteiger partial charge < -0.3 is 25.0 Å². The van der Waals surface area contributed by atoms with Crippen LogP contribution in [0.25, 0.3) is 0 Å². The maximum absolute atomic E-state index is 14.5. The molecule has 2 aromatic carbocycles. The van der Waals surface area contributed by atoms with Gasteiger partial charge in [-0.15, -0.1) is 0 Å². The lowest BCUT2D eigenvalue weighted by Crippen LogP contribution is -2.61. The van der Waals surface area contributed by atoms with Gasteiger partial charge in [0.2, 0.25) is 21.8 Å². The largest absolute Gasteiger partial charge is 0.457 e. The molecular weight excluding hydrogens is 708 g/mol. The van der Waals surface area contributed by atoms with E-state index in [0.29, 0.717) is 48.6 Å². The second-order valence-corrected chi connectivity index (χ2v) is 17.1. The van der Waals surface area contributed by atoms with Crippen molar-refractivity contribution in [2.45, 2.75) is 119 Å². The molecule has 3 saturated carbocycles. The van der Waals surface area contributed by atoms with Crippen LogP contribution in [0, 0.1) is 5.92 Å². The molecule has 2 heterocycles. The van der Waals surface area contributed by atoms with E-state index in [4.69, 9.17) is 21.1 Å². The van der Waals surface area contributed by atoms with Crippen LogP contribution in [0.15, 0.2) is 54.6 Å². The van der Waals surface area contributed by atoms with Crippen molar-refractivity contribution in [3.05, 3.63) is 70.8 Å². The van der Waals surface area contributed by atoms with Crippen LogP contribution in [0.5, 0.6) is 11.5 Å². The summed E-state index contributed by atoms with van der Waals surface area (Å²) in [5, 5.41) is 5.64. The van der Waals surface area contributed by atoms with Crippen molar-refractivity contribution < 1.29 is 37.1 Å². The first-order chi connectivity index (χ1) is 25.0. The number of benzene rings is 2. The fourth-order valence-corrected chi connectivity index (χ4v) is 9.11. The average Bonchev–Trinajstić information content (AvgIpc) is 4.03. The lowest BCUT2D eigenvalue weighted by Gasteiger charge is -2.39. The molecule has 0 aromatic heterocycles. The molecule has 278 valence electrons. The van der Waals surface area contributed by atoms with Gasteiger partial charge in [-0.25, -0.2) is 13.2 Å². The number of allylic oxidation sites excluding steroid dienone is 1. The number of rotatable bonds is 7. The van der Waals surface area contributed by atoms with Crippen LogP contribution < -0.4 is 20.1 Å². The molecule has 3 fully saturated rings. The molecule has 12 nitrogen and oxygen atoms in total. The smallest absolute Gasteiger partial charge is 0.408 e. The molecule has 3 N–H and O–H groups in total. The monoisotopic (exact) mass is 752 g/mol. The summed E-state index contributed by atoms with van der Waals surface area (Å²) in [4.78, 5) is 57.3. The van der Waals surface area contributed by atoms with Crippen LogP contribution in [-0.2, 0) is 42.1 Å². The van der Waals surface area contributed by atoms with E-state index in [-0.39, 0.29) is 25.5 Å². The Kier molecular flexibility index (Phi) is 10.5. The van der Waals surface area contributed by atoms with Crippen molar-refractivity contribution in [3.63, 3.8) is 0 Å². The van der Waals surface area contributed by atoms with E-state index in [1.165, 1.54) is 4.90 Å². The maximum Gasteiger partial charge on any atom is 0.408 e. The SMILES string of the molecule is O=C(N[C@H]1CCCCC/C=C\[C@H]2C[C@@]2(C(=O)NS(=O)(=O)C2CC2)NC(=O)C2Cc3cc(Oc4cccc(Cl)c4)ccc3CN2C1=O)OC1CCCC1. The third-order valence-electron chi connectivity index (χ3n) is 10.8. The van der Waals surface area contributed by atoms with Gasteiger partial charge in [0.25, 0.3) is 5.91 Å². The lowest BCUT2D eigenvalue weighted by atomic mass is 9.91. The molecule has 0 spiro atoms. The van der Waals surface area contributed by atoms with Crippen molar-refractivity contribution in [2.75, 3.05) is 0 Å². The van der Waals surface area contributed by atoms with Crippen LogP contribution in [0.1, 0.15) is 88.2 Å². The molecule has 4 amide bonds. The summed E-state index contributed by atoms with van der Waals surface area (Å²) in [6.07, 6.45) is 11.2. The number of alkyl carbamates (subject to hydrolysis) is 1. The number of hydrogen-bond acceptors (Lipinski definition) is 8. The Bertz CT molecular complexity index is 1860. The zero-order valence-electron chi connectivity index (χ0n) is 29.0. The summed E-state index contributed by atoms with van der Waals surface area (Å²) in [5.41, 5.74) is 0.0930. The molecule has 5 aliphatic rings. The third kappa shape index (κ3) is 8.25. The Morgan fingerprint density at radius 1 is 0.923 bits per heavy atom. The third-order valence-corrected chi connectivity index (χ3v) is 12.8. The van der Waals surface area contributed by atoms with Crippen LogP contribution in [0.3, 0.4) is 0 Å². The molecule has 3 aliphatic carbocycles. The molecule has 52 heavy (non-hydrogen) atoms. The molecule has 2 aromatic rings. The van der Waals surface area contributed by atoms with E-state index < -0.39 is 62.6 Å². The van der Waals surface area contributed by atoms with Gasteiger partial charge in [-0.1, -0.05) is 48.7 Å². The number of fused-ring (bicyclic) bond motifs is 3. The molecular formula is C38H45ClN4O8S. The number of amides is 4. The number of halogens is 1. The number of carbonyl (C=O) groups excluding carboxylic acids is 4. The highest BCUT2D eigenvalue weighted by atomic mass is 35.5. The van der Waals surface area contributed by atoms with Crippen molar-refractivity contribution in [1.29, 1.82) is 0 Å². The van der Waals surface area contributed by atoms with Crippen molar-refractivity contribution in [2.24, 2.45) is 5.92 Å². The summed E-state index contributed by atoms with van der Waals surface area (Å²) in [6, 6.07) is 10.4. The number of nitrogens with zero attached hydrogens (tertiary/aromatic N) is 1. The van der Waals surface area contributed by atoms with Crippen LogP contribution >= 0.6 is 11.6 Å². The second-order valence-electron chi connectivity index (χ2n) is 14.7. The lowest BCUT2D eigenvalue weighted by molar-refractivity contribution is -0.144. The van der Waals surface area contributed by atoms with E-state index in [9.17, 15) is 27.6 Å². The molecule has 2 aliphatic heterocycles. The number of ether oxygens (including phenoxy) is 2. The number of hydrogen-bond donors (Lipinski definition) is 3. The van der Waals surface area contributed by atoms with Crippen LogP contribution in [-0.4, -0.2) is 66.1 Å². The molecule has 0 saturated heterocycles. The molecule has 1 unspecified atom stereocenters. The van der Waals surface area contributed by atoms with Crippen LogP contribution in [0.2, 0.25) is 5.02 Å². The first kappa shape index (κ1) is 36.3. The van der Waals surface area contributed by atoms with E-state index in [1.807, 2.05) is 24.3 Å². The number of sulfonamides is 1. The van der Waals surface area contributed by atoms with E-state index in [0.717, 1.165) is 49.7 Å². The van der Waals surface area contributed by atoms with Gasteiger partial charge in [0.05, 0.1) is 5.25 Å². The average molecular weight is 753 g/mol. The van der Waals surface area contributed by atoms with Gasteiger partial charge in [0.15, 0.2) is 0 Å². The molecule has 4 atom stereocenters. The van der Waals surface area contributed by atoms with Gasteiger partial charge in [-0.05, 0) is 106 Å². The zero-order valence-corrected chi connectivity index (χ0v) is 30.6. The maximum atomic E-state index is 14.5. The van der Waals surface area contributed by atoms with E-state index in [1.54, 1.807) is 30.3 Å². The minimum atomic E-state index is -3.88. The highest BCUT2D eigenvalue weighted by Crippen LogP contribution is 2.46.